The molecule has 0 saturated heterocycles. The van der Waals surface area contributed by atoms with Crippen LogP contribution in [0.3, 0.4) is 0 Å². The number of nitrogens with one attached hydrogen (secondary N) is 1. The molecule has 2 aromatic carbocycles. The highest BCUT2D eigenvalue weighted by Gasteiger charge is 2.23. The molecule has 23 heavy (non-hydrogen) atoms. The van der Waals surface area contributed by atoms with Gasteiger partial charge in [0.25, 0.3) is 0 Å². The largest absolute Gasteiger partial charge is 0.354 e. The number of benzene rings is 2. The Morgan fingerprint density at radius 3 is 2.65 bits per heavy atom. The summed E-state index contributed by atoms with van der Waals surface area (Å²) in [7, 11) is 0. The number of rotatable bonds is 0. The van der Waals surface area contributed by atoms with Gasteiger partial charge in [-0.1, -0.05) is 68.5 Å². The van der Waals surface area contributed by atoms with Gasteiger partial charge in [-0.15, -0.1) is 0 Å². The number of allylic oxidation sites excluding steroid dienone is 2. The van der Waals surface area contributed by atoms with Crippen LogP contribution in [0.15, 0.2) is 48.6 Å². The Morgan fingerprint density at radius 2 is 1.74 bits per heavy atom. The molecule has 112 valence electrons. The molecule has 1 heteroatoms. The van der Waals surface area contributed by atoms with Crippen LogP contribution < -0.4 is 0 Å². The zero-order valence-corrected chi connectivity index (χ0v) is 13.5. The lowest BCUT2D eigenvalue weighted by molar-refractivity contribution is 0.633. The van der Waals surface area contributed by atoms with E-state index in [4.69, 9.17) is 0 Å². The quantitative estimate of drug-likeness (QED) is 0.422. The maximum Gasteiger partial charge on any atom is 0.0547 e. The number of hydrogen-bond acceptors (Lipinski definition) is 0. The first-order chi connectivity index (χ1) is 11.1. The SMILES string of the molecule is CC1(C)C=Cc2[nH]c3c4c(ccc3c2C=C1)Cc1ccccc1-4. The predicted molar refractivity (Wildman–Crippen MR) is 98.4 cm³/mol. The number of aromatic nitrogens is 1. The third kappa shape index (κ3) is 1.80. The maximum absolute atomic E-state index is 3.70. The van der Waals surface area contributed by atoms with Crippen molar-refractivity contribution in [1.82, 2.24) is 4.98 Å². The molecule has 1 N–H and O–H groups in total. The van der Waals surface area contributed by atoms with Crippen molar-refractivity contribution in [2.75, 3.05) is 0 Å². The average molecular weight is 297 g/mol. The van der Waals surface area contributed by atoms with E-state index in [0.717, 1.165) is 6.42 Å². The molecule has 2 aliphatic carbocycles. The molecule has 0 aliphatic heterocycles. The van der Waals surface area contributed by atoms with Crippen LogP contribution in [0.25, 0.3) is 34.2 Å². The minimum Gasteiger partial charge on any atom is -0.354 e. The molecule has 0 spiro atoms. The Labute approximate surface area is 136 Å². The molecule has 0 fully saturated rings. The summed E-state index contributed by atoms with van der Waals surface area (Å²) in [6, 6.07) is 13.4. The van der Waals surface area contributed by atoms with Crippen molar-refractivity contribution in [3.05, 3.63) is 70.9 Å². The van der Waals surface area contributed by atoms with E-state index in [0.29, 0.717) is 0 Å². The standard InChI is InChI=1S/C22H19N/c1-22(2)11-9-17-18-8-7-15-13-14-5-3-4-6-16(14)20(15)21(18)23-19(17)10-12-22/h3-12,23H,13H2,1-2H3. The van der Waals surface area contributed by atoms with Crippen molar-refractivity contribution in [2.45, 2.75) is 20.3 Å². The van der Waals surface area contributed by atoms with Gasteiger partial charge >= 0.3 is 0 Å². The molecule has 3 aromatic rings. The van der Waals surface area contributed by atoms with Crippen molar-refractivity contribution in [2.24, 2.45) is 5.41 Å². The summed E-state index contributed by atoms with van der Waals surface area (Å²) in [5.41, 5.74) is 9.58. The van der Waals surface area contributed by atoms with E-state index in [9.17, 15) is 0 Å². The fraction of sp³-hybridized carbons (Fsp3) is 0.182. The van der Waals surface area contributed by atoms with Crippen molar-refractivity contribution in [3.8, 4) is 11.1 Å². The molecule has 1 aromatic heterocycles. The van der Waals surface area contributed by atoms with Crippen LogP contribution in [0.1, 0.15) is 36.2 Å². The van der Waals surface area contributed by atoms with Gasteiger partial charge in [-0.25, -0.2) is 0 Å². The number of aromatic amines is 1. The van der Waals surface area contributed by atoms with E-state index in [2.05, 4.69) is 79.5 Å². The van der Waals surface area contributed by atoms with E-state index in [1.165, 1.54) is 44.4 Å². The van der Waals surface area contributed by atoms with Crippen molar-refractivity contribution < 1.29 is 0 Å². The van der Waals surface area contributed by atoms with Gasteiger partial charge in [0.2, 0.25) is 0 Å². The van der Waals surface area contributed by atoms with Gasteiger partial charge in [0, 0.05) is 27.6 Å². The van der Waals surface area contributed by atoms with E-state index in [-0.39, 0.29) is 5.41 Å². The first-order valence-corrected chi connectivity index (χ1v) is 8.27. The fourth-order valence-electron chi connectivity index (χ4n) is 3.89. The average Bonchev–Trinajstić information content (AvgIpc) is 3.04. The topological polar surface area (TPSA) is 15.8 Å². The number of H-pyrrole nitrogens is 1. The molecule has 0 unspecified atom stereocenters. The van der Waals surface area contributed by atoms with Crippen LogP contribution in [-0.4, -0.2) is 4.98 Å². The molecule has 0 saturated carbocycles. The molecule has 2 aliphatic rings. The van der Waals surface area contributed by atoms with Crippen LogP contribution in [0, 0.1) is 5.41 Å². The van der Waals surface area contributed by atoms with Gasteiger partial charge in [0.1, 0.15) is 0 Å². The molecular formula is C22H19N. The van der Waals surface area contributed by atoms with Crippen LogP contribution in [0.4, 0.5) is 0 Å². The third-order valence-electron chi connectivity index (χ3n) is 5.16. The predicted octanol–water partition coefficient (Wildman–Crippen LogP) is 5.81. The molecule has 1 heterocycles. The van der Waals surface area contributed by atoms with E-state index in [1.54, 1.807) is 0 Å². The van der Waals surface area contributed by atoms with Crippen LogP contribution in [0.2, 0.25) is 0 Å². The van der Waals surface area contributed by atoms with Gasteiger partial charge in [0.05, 0.1) is 5.52 Å². The second-order valence-electron chi connectivity index (χ2n) is 7.30. The first kappa shape index (κ1) is 13.0. The number of fused-ring (bicyclic) bond motifs is 7. The Kier molecular flexibility index (Phi) is 2.40. The lowest BCUT2D eigenvalue weighted by Gasteiger charge is -2.12. The molecule has 0 bridgehead atoms. The van der Waals surface area contributed by atoms with E-state index >= 15 is 0 Å². The van der Waals surface area contributed by atoms with Gasteiger partial charge in [0.15, 0.2) is 0 Å². The van der Waals surface area contributed by atoms with E-state index < -0.39 is 0 Å². The van der Waals surface area contributed by atoms with Crippen LogP contribution in [0.5, 0.6) is 0 Å². The Bertz CT molecular complexity index is 1010. The second kappa shape index (κ2) is 4.26. The maximum atomic E-state index is 3.70. The van der Waals surface area contributed by atoms with Gasteiger partial charge in [-0.05, 0) is 29.2 Å². The monoisotopic (exact) mass is 297 g/mol. The summed E-state index contributed by atoms with van der Waals surface area (Å²) in [4.78, 5) is 3.70. The minimum absolute atomic E-state index is 0.107. The zero-order valence-electron chi connectivity index (χ0n) is 13.5. The first-order valence-electron chi connectivity index (χ1n) is 8.27. The lowest BCUT2D eigenvalue weighted by atomic mass is 9.93. The summed E-state index contributed by atoms with van der Waals surface area (Å²) in [5.74, 6) is 0. The van der Waals surface area contributed by atoms with Gasteiger partial charge in [-0.2, -0.15) is 0 Å². The summed E-state index contributed by atoms with van der Waals surface area (Å²) in [6.45, 7) is 4.48. The Morgan fingerprint density at radius 1 is 0.913 bits per heavy atom. The highest BCUT2D eigenvalue weighted by atomic mass is 14.7. The fourth-order valence-corrected chi connectivity index (χ4v) is 3.89. The van der Waals surface area contributed by atoms with Gasteiger partial charge < -0.3 is 4.98 Å². The summed E-state index contributed by atoms with van der Waals surface area (Å²) >= 11 is 0. The summed E-state index contributed by atoms with van der Waals surface area (Å²) in [5, 5.41) is 1.33. The smallest absolute Gasteiger partial charge is 0.0547 e. The number of hydrogen-bond donors (Lipinski definition) is 1. The molecule has 5 rings (SSSR count). The third-order valence-corrected chi connectivity index (χ3v) is 5.16. The molecule has 0 amide bonds. The highest BCUT2D eigenvalue weighted by molar-refractivity contribution is 6.04. The summed E-state index contributed by atoms with van der Waals surface area (Å²) in [6.07, 6.45) is 10.1. The van der Waals surface area contributed by atoms with Crippen LogP contribution in [-0.2, 0) is 6.42 Å². The molecule has 0 atom stereocenters. The van der Waals surface area contributed by atoms with Crippen LogP contribution >= 0.6 is 0 Å². The molecule has 1 nitrogen and oxygen atoms in total. The van der Waals surface area contributed by atoms with E-state index in [1.807, 2.05) is 0 Å². The van der Waals surface area contributed by atoms with Gasteiger partial charge in [-0.3, -0.25) is 0 Å². The summed E-state index contributed by atoms with van der Waals surface area (Å²) < 4.78 is 0. The minimum atomic E-state index is 0.107. The van der Waals surface area contributed by atoms with Crippen molar-refractivity contribution in [1.29, 1.82) is 0 Å². The van der Waals surface area contributed by atoms with Crippen molar-refractivity contribution >= 4 is 23.1 Å². The van der Waals surface area contributed by atoms with Crippen molar-refractivity contribution in [3.63, 3.8) is 0 Å². The zero-order chi connectivity index (χ0) is 15.6. The lowest BCUT2D eigenvalue weighted by Crippen LogP contribution is -2.00. The Hall–Kier alpha value is -2.54. The second-order valence-corrected chi connectivity index (χ2v) is 7.30. The Balaban J connectivity index is 1.83. The normalized spacial score (nSPS) is 17.0. The molecular weight excluding hydrogens is 278 g/mol. The highest BCUT2D eigenvalue weighted by Crippen LogP contribution is 2.43. The molecule has 0 radical (unpaired) electrons.